The van der Waals surface area contributed by atoms with E-state index in [4.69, 9.17) is 4.74 Å². The van der Waals surface area contributed by atoms with Crippen molar-refractivity contribution in [1.29, 1.82) is 0 Å². The molecule has 0 N–H and O–H groups in total. The standard InChI is InChI=1S/C19H17F2NO3S/c1-12(19(24)22-9-8-13-4-2-3-5-16(13)22)25-18(23)11-26-17-10-14(20)6-7-15(17)21/h2-7,10,12H,8-9,11H2,1H3/t12-/m1/s1. The molecule has 0 bridgehead atoms. The number of esters is 1. The number of thioether (sulfide) groups is 1. The minimum Gasteiger partial charge on any atom is -0.452 e. The van der Waals surface area contributed by atoms with Crippen LogP contribution in [0, 0.1) is 11.6 Å². The molecule has 0 saturated carbocycles. The lowest BCUT2D eigenvalue weighted by atomic mass is 10.2. The third kappa shape index (κ3) is 4.04. The second-order valence-corrected chi connectivity index (χ2v) is 6.88. The van der Waals surface area contributed by atoms with E-state index in [-0.39, 0.29) is 16.6 Å². The summed E-state index contributed by atoms with van der Waals surface area (Å²) in [5.74, 6) is -2.37. The van der Waals surface area contributed by atoms with Gasteiger partial charge in [0.05, 0.1) is 5.75 Å². The molecule has 1 amide bonds. The van der Waals surface area contributed by atoms with Gasteiger partial charge in [-0.15, -0.1) is 11.8 Å². The molecule has 1 aliphatic rings. The third-order valence-electron chi connectivity index (χ3n) is 4.05. The fourth-order valence-electron chi connectivity index (χ4n) is 2.79. The number of carbonyl (C=O) groups is 2. The van der Waals surface area contributed by atoms with Crippen LogP contribution < -0.4 is 4.90 Å². The molecule has 4 nitrogen and oxygen atoms in total. The van der Waals surface area contributed by atoms with E-state index in [1.54, 1.807) is 4.90 Å². The first-order valence-corrected chi connectivity index (χ1v) is 9.11. The predicted octanol–water partition coefficient (Wildman–Crippen LogP) is 3.58. The fourth-order valence-corrected chi connectivity index (χ4v) is 3.54. The maximum atomic E-state index is 13.6. The molecule has 1 aliphatic heterocycles. The highest BCUT2D eigenvalue weighted by Crippen LogP contribution is 2.28. The van der Waals surface area contributed by atoms with Crippen LogP contribution in [0.4, 0.5) is 14.5 Å². The zero-order valence-electron chi connectivity index (χ0n) is 14.1. The number of para-hydroxylation sites is 1. The van der Waals surface area contributed by atoms with Crippen molar-refractivity contribution in [2.45, 2.75) is 24.3 Å². The summed E-state index contributed by atoms with van der Waals surface area (Å²) in [5, 5.41) is 0. The number of carbonyl (C=O) groups excluding carboxylic acids is 2. The summed E-state index contributed by atoms with van der Waals surface area (Å²) < 4.78 is 31.9. The van der Waals surface area contributed by atoms with Crippen molar-refractivity contribution in [3.05, 3.63) is 59.7 Å². The molecular weight excluding hydrogens is 360 g/mol. The third-order valence-corrected chi connectivity index (χ3v) is 5.05. The monoisotopic (exact) mass is 377 g/mol. The summed E-state index contributed by atoms with van der Waals surface area (Å²) >= 11 is 0.829. The van der Waals surface area contributed by atoms with Crippen molar-refractivity contribution in [2.75, 3.05) is 17.2 Å². The van der Waals surface area contributed by atoms with Crippen LogP contribution in [-0.4, -0.2) is 30.3 Å². The summed E-state index contributed by atoms with van der Waals surface area (Å²) in [6.07, 6.45) is -0.191. The van der Waals surface area contributed by atoms with Crippen LogP contribution in [0.3, 0.4) is 0 Å². The van der Waals surface area contributed by atoms with Crippen LogP contribution in [0.15, 0.2) is 47.4 Å². The van der Waals surface area contributed by atoms with Crippen LogP contribution in [0.2, 0.25) is 0 Å². The van der Waals surface area contributed by atoms with Gasteiger partial charge in [0.1, 0.15) is 11.6 Å². The lowest BCUT2D eigenvalue weighted by Gasteiger charge is -2.21. The van der Waals surface area contributed by atoms with Crippen molar-refractivity contribution in [2.24, 2.45) is 0 Å². The highest BCUT2D eigenvalue weighted by Gasteiger charge is 2.29. The Morgan fingerprint density at radius 2 is 2.00 bits per heavy atom. The van der Waals surface area contributed by atoms with E-state index < -0.39 is 23.7 Å². The van der Waals surface area contributed by atoms with Crippen molar-refractivity contribution < 1.29 is 23.1 Å². The van der Waals surface area contributed by atoms with Gasteiger partial charge in [0.15, 0.2) is 6.10 Å². The summed E-state index contributed by atoms with van der Waals surface area (Å²) in [7, 11) is 0. The van der Waals surface area contributed by atoms with E-state index in [0.717, 1.165) is 47.6 Å². The van der Waals surface area contributed by atoms with Gasteiger partial charge in [0.25, 0.3) is 5.91 Å². The van der Waals surface area contributed by atoms with Gasteiger partial charge in [-0.3, -0.25) is 9.59 Å². The second-order valence-electron chi connectivity index (χ2n) is 5.86. The number of benzene rings is 2. The first kappa shape index (κ1) is 18.4. The van der Waals surface area contributed by atoms with Gasteiger partial charge in [-0.1, -0.05) is 18.2 Å². The van der Waals surface area contributed by atoms with Gasteiger partial charge < -0.3 is 9.64 Å². The minimum absolute atomic E-state index is 0.0226. The number of nitrogens with zero attached hydrogens (tertiary/aromatic N) is 1. The number of anilines is 1. The largest absolute Gasteiger partial charge is 0.452 e. The smallest absolute Gasteiger partial charge is 0.317 e. The lowest BCUT2D eigenvalue weighted by Crippen LogP contribution is -2.39. The van der Waals surface area contributed by atoms with Crippen LogP contribution >= 0.6 is 11.8 Å². The summed E-state index contributed by atoms with van der Waals surface area (Å²) in [6.45, 7) is 2.05. The number of ether oxygens (including phenoxy) is 1. The zero-order chi connectivity index (χ0) is 18.7. The van der Waals surface area contributed by atoms with E-state index in [1.165, 1.54) is 6.92 Å². The van der Waals surface area contributed by atoms with E-state index in [0.29, 0.717) is 6.54 Å². The van der Waals surface area contributed by atoms with Gasteiger partial charge in [0, 0.05) is 17.1 Å². The molecule has 0 fully saturated rings. The van der Waals surface area contributed by atoms with Crippen LogP contribution in [0.25, 0.3) is 0 Å². The SMILES string of the molecule is C[C@@H](OC(=O)CSc1cc(F)ccc1F)C(=O)N1CCc2ccccc21. The molecule has 0 saturated heterocycles. The van der Waals surface area contributed by atoms with Gasteiger partial charge in [-0.05, 0) is 43.2 Å². The Kier molecular flexibility index (Phi) is 5.56. The van der Waals surface area contributed by atoms with Crippen molar-refractivity contribution in [1.82, 2.24) is 0 Å². The number of halogens is 2. The average Bonchev–Trinajstić information content (AvgIpc) is 3.05. The van der Waals surface area contributed by atoms with E-state index in [2.05, 4.69) is 0 Å². The van der Waals surface area contributed by atoms with Crippen molar-refractivity contribution >= 4 is 29.3 Å². The number of rotatable bonds is 5. The highest BCUT2D eigenvalue weighted by atomic mass is 32.2. The molecule has 0 radical (unpaired) electrons. The molecule has 2 aromatic rings. The highest BCUT2D eigenvalue weighted by molar-refractivity contribution is 8.00. The average molecular weight is 377 g/mol. The molecule has 1 heterocycles. The zero-order valence-corrected chi connectivity index (χ0v) is 14.9. The molecule has 1 atom stereocenters. The fraction of sp³-hybridized carbons (Fsp3) is 0.263. The summed E-state index contributed by atoms with van der Waals surface area (Å²) in [4.78, 5) is 26.1. The Balaban J connectivity index is 1.56. The molecule has 26 heavy (non-hydrogen) atoms. The Hall–Kier alpha value is -2.41. The minimum atomic E-state index is -0.952. The molecule has 2 aromatic carbocycles. The number of hydrogen-bond acceptors (Lipinski definition) is 4. The molecule has 7 heteroatoms. The Labute approximate surface area is 154 Å². The quantitative estimate of drug-likeness (QED) is 0.590. The first-order valence-electron chi connectivity index (χ1n) is 8.12. The summed E-state index contributed by atoms with van der Waals surface area (Å²) in [5.41, 5.74) is 1.91. The molecule has 0 spiro atoms. The molecule has 0 unspecified atom stereocenters. The Morgan fingerprint density at radius 3 is 2.81 bits per heavy atom. The maximum Gasteiger partial charge on any atom is 0.317 e. The maximum absolute atomic E-state index is 13.6. The number of hydrogen-bond donors (Lipinski definition) is 0. The Morgan fingerprint density at radius 1 is 1.23 bits per heavy atom. The van der Waals surface area contributed by atoms with E-state index in [1.807, 2.05) is 24.3 Å². The van der Waals surface area contributed by atoms with Crippen LogP contribution in [0.1, 0.15) is 12.5 Å². The molecule has 0 aliphatic carbocycles. The van der Waals surface area contributed by atoms with Gasteiger partial charge >= 0.3 is 5.97 Å². The molecule has 0 aromatic heterocycles. The van der Waals surface area contributed by atoms with Crippen molar-refractivity contribution in [3.8, 4) is 0 Å². The number of fused-ring (bicyclic) bond motifs is 1. The van der Waals surface area contributed by atoms with Crippen LogP contribution in [0.5, 0.6) is 0 Å². The molecular formula is C19H17F2NO3S. The topological polar surface area (TPSA) is 46.6 Å². The Bertz CT molecular complexity index is 843. The second kappa shape index (κ2) is 7.86. The lowest BCUT2D eigenvalue weighted by molar-refractivity contribution is -0.151. The van der Waals surface area contributed by atoms with Gasteiger partial charge in [-0.2, -0.15) is 0 Å². The number of amides is 1. The summed E-state index contributed by atoms with van der Waals surface area (Å²) in [6, 6.07) is 10.6. The molecule has 3 rings (SSSR count). The van der Waals surface area contributed by atoms with Crippen molar-refractivity contribution in [3.63, 3.8) is 0 Å². The normalized spacial score (nSPS) is 14.0. The van der Waals surface area contributed by atoms with E-state index in [9.17, 15) is 18.4 Å². The first-order chi connectivity index (χ1) is 12.5. The van der Waals surface area contributed by atoms with Gasteiger partial charge in [-0.25, -0.2) is 8.78 Å². The van der Waals surface area contributed by atoms with Gasteiger partial charge in [0.2, 0.25) is 0 Å². The van der Waals surface area contributed by atoms with E-state index >= 15 is 0 Å². The van der Waals surface area contributed by atoms with Crippen LogP contribution in [-0.2, 0) is 20.7 Å². The molecule has 136 valence electrons. The predicted molar refractivity (Wildman–Crippen MR) is 95.1 cm³/mol.